The van der Waals surface area contributed by atoms with Gasteiger partial charge >= 0.3 is 0 Å². The molecule has 2 aromatic rings. The first-order chi connectivity index (χ1) is 8.60. The van der Waals surface area contributed by atoms with E-state index in [2.05, 4.69) is 4.98 Å². The van der Waals surface area contributed by atoms with Crippen molar-refractivity contribution in [2.24, 2.45) is 0 Å². The van der Waals surface area contributed by atoms with Gasteiger partial charge in [-0.2, -0.15) is 5.26 Å². The van der Waals surface area contributed by atoms with E-state index in [1.165, 1.54) is 12.1 Å². The second-order valence-electron chi connectivity index (χ2n) is 3.97. The fourth-order valence-corrected chi connectivity index (χ4v) is 2.58. The third-order valence-corrected chi connectivity index (χ3v) is 3.45. The molecule has 1 aromatic carbocycles. The minimum absolute atomic E-state index is 0.346. The quantitative estimate of drug-likeness (QED) is 0.852. The molecule has 5 heteroatoms. The molecule has 1 aromatic heterocycles. The lowest BCUT2D eigenvalue weighted by molar-refractivity contribution is 0.627. The summed E-state index contributed by atoms with van der Waals surface area (Å²) in [5.74, 6) is -0.391. The highest BCUT2D eigenvalue weighted by Gasteiger charge is 2.10. The molecule has 0 saturated heterocycles. The molecule has 0 bridgehead atoms. The molecule has 0 amide bonds. The largest absolute Gasteiger partial charge is 0.368 e. The summed E-state index contributed by atoms with van der Waals surface area (Å²) < 4.78 is 13.1. The van der Waals surface area contributed by atoms with Gasteiger partial charge in [0.1, 0.15) is 11.9 Å². The molecule has 2 rings (SSSR count). The number of aryl methyl sites for hydroxylation is 1. The molecule has 3 nitrogen and oxygen atoms in total. The minimum Gasteiger partial charge on any atom is -0.368 e. The van der Waals surface area contributed by atoms with Crippen molar-refractivity contribution in [3.8, 4) is 6.07 Å². The van der Waals surface area contributed by atoms with Crippen LogP contribution in [-0.4, -0.2) is 12.0 Å². The zero-order valence-electron chi connectivity index (χ0n) is 10.1. The van der Waals surface area contributed by atoms with Crippen molar-refractivity contribution in [2.75, 3.05) is 11.9 Å². The Hall–Kier alpha value is -1.93. The molecule has 0 unspecified atom stereocenters. The maximum atomic E-state index is 13.1. The number of nitrogens with zero attached hydrogens (tertiary/aromatic N) is 3. The first-order valence-corrected chi connectivity index (χ1v) is 6.24. The molecule has 92 valence electrons. The van der Waals surface area contributed by atoms with Gasteiger partial charge < -0.3 is 4.90 Å². The second-order valence-corrected chi connectivity index (χ2v) is 5.29. The molecule has 0 N–H and O–H groups in total. The molecule has 0 aliphatic carbocycles. The Labute approximate surface area is 109 Å². The lowest BCUT2D eigenvalue weighted by Gasteiger charge is -2.19. The number of aromatic nitrogens is 1. The van der Waals surface area contributed by atoms with Gasteiger partial charge in [0.2, 0.25) is 0 Å². The van der Waals surface area contributed by atoms with Crippen LogP contribution < -0.4 is 4.90 Å². The molecule has 0 radical (unpaired) electrons. The molecule has 0 saturated carbocycles. The number of thiazole rings is 1. The van der Waals surface area contributed by atoms with E-state index in [-0.39, 0.29) is 0 Å². The summed E-state index contributed by atoms with van der Waals surface area (Å²) in [5.41, 5.74) is 1.07. The second kappa shape index (κ2) is 5.15. The number of hydrogen-bond acceptors (Lipinski definition) is 4. The van der Waals surface area contributed by atoms with Crippen LogP contribution in [0.25, 0.3) is 0 Å². The number of anilines is 1. The maximum absolute atomic E-state index is 13.1. The van der Waals surface area contributed by atoms with Gasteiger partial charge in [0.15, 0.2) is 0 Å². The van der Waals surface area contributed by atoms with Crippen molar-refractivity contribution in [2.45, 2.75) is 13.5 Å². The minimum atomic E-state index is -0.391. The summed E-state index contributed by atoms with van der Waals surface area (Å²) in [4.78, 5) is 7.22. The number of halogens is 1. The van der Waals surface area contributed by atoms with Gasteiger partial charge in [-0.15, -0.1) is 11.3 Å². The van der Waals surface area contributed by atoms with Crippen LogP contribution in [-0.2, 0) is 6.54 Å². The van der Waals surface area contributed by atoms with Gasteiger partial charge in [0.25, 0.3) is 0 Å². The topological polar surface area (TPSA) is 39.9 Å². The fourth-order valence-electron chi connectivity index (χ4n) is 1.73. The van der Waals surface area contributed by atoms with Gasteiger partial charge in [-0.1, -0.05) is 0 Å². The van der Waals surface area contributed by atoms with E-state index < -0.39 is 5.82 Å². The normalized spacial score (nSPS) is 10.1. The van der Waals surface area contributed by atoms with Crippen molar-refractivity contribution >= 4 is 17.0 Å². The average molecular weight is 261 g/mol. The predicted molar refractivity (Wildman–Crippen MR) is 70.1 cm³/mol. The van der Waals surface area contributed by atoms with Crippen molar-refractivity contribution in [1.82, 2.24) is 4.98 Å². The lowest BCUT2D eigenvalue weighted by Crippen LogP contribution is -2.16. The van der Waals surface area contributed by atoms with Gasteiger partial charge in [0.05, 0.1) is 22.8 Å². The monoisotopic (exact) mass is 261 g/mol. The molecule has 0 spiro atoms. The van der Waals surface area contributed by atoms with Crippen molar-refractivity contribution in [3.63, 3.8) is 0 Å². The van der Waals surface area contributed by atoms with E-state index in [1.54, 1.807) is 17.4 Å². The van der Waals surface area contributed by atoms with Gasteiger partial charge in [-0.05, 0) is 25.1 Å². The van der Waals surface area contributed by atoms with Crippen LogP contribution in [0.5, 0.6) is 0 Å². The van der Waals surface area contributed by atoms with Crippen LogP contribution >= 0.6 is 11.3 Å². The molecular weight excluding hydrogens is 249 g/mol. The van der Waals surface area contributed by atoms with Crippen molar-refractivity contribution in [1.29, 1.82) is 5.26 Å². The SMILES string of the molecule is Cc1ncc(CN(C)c2ccc(F)cc2C#N)s1. The van der Waals surface area contributed by atoms with Gasteiger partial charge in [0, 0.05) is 18.1 Å². The summed E-state index contributed by atoms with van der Waals surface area (Å²) in [7, 11) is 1.88. The summed E-state index contributed by atoms with van der Waals surface area (Å²) in [6.07, 6.45) is 1.83. The van der Waals surface area contributed by atoms with Gasteiger partial charge in [-0.3, -0.25) is 0 Å². The third kappa shape index (κ3) is 2.66. The molecule has 0 fully saturated rings. The Kier molecular flexibility index (Phi) is 3.58. The predicted octanol–water partition coefficient (Wildman–Crippen LogP) is 3.10. The molecule has 0 aliphatic rings. The van der Waals surface area contributed by atoms with Crippen LogP contribution in [0.15, 0.2) is 24.4 Å². The van der Waals surface area contributed by atoms with E-state index in [4.69, 9.17) is 5.26 Å². The van der Waals surface area contributed by atoms with E-state index in [9.17, 15) is 4.39 Å². The van der Waals surface area contributed by atoms with Crippen LogP contribution in [0.1, 0.15) is 15.4 Å². The Balaban J connectivity index is 2.24. The van der Waals surface area contributed by atoms with E-state index >= 15 is 0 Å². The summed E-state index contributed by atoms with van der Waals surface area (Å²) in [6.45, 7) is 2.61. The summed E-state index contributed by atoms with van der Waals surface area (Å²) in [6, 6.07) is 6.26. The number of nitriles is 1. The Morgan fingerprint density at radius 2 is 2.28 bits per heavy atom. The van der Waals surface area contributed by atoms with Crippen LogP contribution in [0, 0.1) is 24.1 Å². The van der Waals surface area contributed by atoms with Crippen LogP contribution in [0.2, 0.25) is 0 Å². The highest BCUT2D eigenvalue weighted by Crippen LogP contribution is 2.23. The van der Waals surface area contributed by atoms with E-state index in [0.29, 0.717) is 12.1 Å². The average Bonchev–Trinajstić information content (AvgIpc) is 2.74. The smallest absolute Gasteiger partial charge is 0.124 e. The van der Waals surface area contributed by atoms with Crippen molar-refractivity contribution in [3.05, 3.63) is 45.7 Å². The summed E-state index contributed by atoms with van der Waals surface area (Å²) in [5, 5.41) is 10.0. The van der Waals surface area contributed by atoms with E-state index in [1.807, 2.05) is 31.1 Å². The number of benzene rings is 1. The van der Waals surface area contributed by atoms with Gasteiger partial charge in [-0.25, -0.2) is 9.37 Å². The van der Waals surface area contributed by atoms with Crippen molar-refractivity contribution < 1.29 is 4.39 Å². The molecule has 1 heterocycles. The number of rotatable bonds is 3. The molecule has 0 atom stereocenters. The standard InChI is InChI=1S/C13H12FN3S/c1-9-16-7-12(18-9)8-17(2)13-4-3-11(14)5-10(13)6-15/h3-5,7H,8H2,1-2H3. The summed E-state index contributed by atoms with van der Waals surface area (Å²) >= 11 is 1.62. The lowest BCUT2D eigenvalue weighted by atomic mass is 10.1. The molecular formula is C13H12FN3S. The first-order valence-electron chi connectivity index (χ1n) is 5.42. The van der Waals surface area contributed by atoms with Crippen LogP contribution in [0.3, 0.4) is 0 Å². The van der Waals surface area contributed by atoms with Crippen LogP contribution in [0.4, 0.5) is 10.1 Å². The zero-order valence-corrected chi connectivity index (χ0v) is 11.0. The Morgan fingerprint density at radius 3 is 2.89 bits per heavy atom. The Bertz CT molecular complexity index is 601. The highest BCUT2D eigenvalue weighted by molar-refractivity contribution is 7.11. The fraction of sp³-hybridized carbons (Fsp3) is 0.231. The van der Waals surface area contributed by atoms with E-state index in [0.717, 1.165) is 15.6 Å². The zero-order chi connectivity index (χ0) is 13.1. The Morgan fingerprint density at radius 1 is 1.50 bits per heavy atom. The molecule has 0 aliphatic heterocycles. The highest BCUT2D eigenvalue weighted by atomic mass is 32.1. The number of hydrogen-bond donors (Lipinski definition) is 0. The maximum Gasteiger partial charge on any atom is 0.124 e. The third-order valence-electron chi connectivity index (χ3n) is 2.55. The first kappa shape index (κ1) is 12.5. The molecule has 18 heavy (non-hydrogen) atoms.